The van der Waals surface area contributed by atoms with E-state index in [0.717, 1.165) is 19.3 Å². The van der Waals surface area contributed by atoms with Crippen molar-refractivity contribution in [2.24, 2.45) is 0 Å². The quantitative estimate of drug-likeness (QED) is 0.542. The Labute approximate surface area is 114 Å². The Morgan fingerprint density at radius 2 is 1.95 bits per heavy atom. The van der Waals surface area contributed by atoms with Crippen molar-refractivity contribution < 1.29 is 19.1 Å². The van der Waals surface area contributed by atoms with Gasteiger partial charge in [0.05, 0.1) is 7.11 Å². The van der Waals surface area contributed by atoms with E-state index in [2.05, 4.69) is 0 Å². The second kappa shape index (κ2) is 6.59. The van der Waals surface area contributed by atoms with Crippen LogP contribution in [0, 0.1) is 0 Å². The topological polar surface area (TPSA) is 55.8 Å². The van der Waals surface area contributed by atoms with Crippen LogP contribution < -0.4 is 0 Å². The van der Waals surface area contributed by atoms with Gasteiger partial charge >= 0.3 is 12.1 Å². The Hall–Kier alpha value is -1.52. The number of carbonyl (C=O) groups excluding carboxylic acids is 2. The fourth-order valence-corrected chi connectivity index (χ4v) is 1.86. The van der Waals surface area contributed by atoms with E-state index in [4.69, 9.17) is 9.47 Å². The molecular formula is C14H23NO4. The molecule has 0 radical (unpaired) electrons. The first-order chi connectivity index (χ1) is 8.85. The standard InChI is InChI=1S/C14H23NO4/c1-14(2,3)19-13(17)15-10-8-6-5-7-9-11(15)12(16)18-4/h7,9,11H,5-6,8,10H2,1-4H3/b9-7-. The third-order valence-corrected chi connectivity index (χ3v) is 2.74. The van der Waals surface area contributed by atoms with Gasteiger partial charge in [0.25, 0.3) is 0 Å². The number of esters is 1. The summed E-state index contributed by atoms with van der Waals surface area (Å²) in [5.74, 6) is -0.441. The zero-order chi connectivity index (χ0) is 14.5. The Morgan fingerprint density at radius 3 is 2.53 bits per heavy atom. The van der Waals surface area contributed by atoms with Crippen molar-refractivity contribution in [3.63, 3.8) is 0 Å². The molecule has 1 rings (SSSR count). The van der Waals surface area contributed by atoms with Gasteiger partial charge in [0.2, 0.25) is 0 Å². The number of amides is 1. The van der Waals surface area contributed by atoms with Crippen molar-refractivity contribution in [3.05, 3.63) is 12.2 Å². The van der Waals surface area contributed by atoms with Gasteiger partial charge in [-0.2, -0.15) is 0 Å². The van der Waals surface area contributed by atoms with E-state index in [9.17, 15) is 9.59 Å². The number of ether oxygens (including phenoxy) is 2. The van der Waals surface area contributed by atoms with Crippen molar-refractivity contribution >= 4 is 12.1 Å². The van der Waals surface area contributed by atoms with E-state index >= 15 is 0 Å². The fraction of sp³-hybridized carbons (Fsp3) is 0.714. The highest BCUT2D eigenvalue weighted by molar-refractivity contribution is 5.83. The summed E-state index contributed by atoms with van der Waals surface area (Å²) in [5.41, 5.74) is -0.580. The zero-order valence-electron chi connectivity index (χ0n) is 12.1. The van der Waals surface area contributed by atoms with Gasteiger partial charge in [0.1, 0.15) is 5.60 Å². The fourth-order valence-electron chi connectivity index (χ4n) is 1.86. The molecule has 0 aromatic carbocycles. The molecule has 5 heteroatoms. The predicted octanol–water partition coefficient (Wildman–Crippen LogP) is 2.51. The van der Waals surface area contributed by atoms with Gasteiger partial charge in [-0.05, 0) is 40.0 Å². The van der Waals surface area contributed by atoms with E-state index in [1.165, 1.54) is 12.0 Å². The molecular weight excluding hydrogens is 246 g/mol. The summed E-state index contributed by atoms with van der Waals surface area (Å²) >= 11 is 0. The lowest BCUT2D eigenvalue weighted by Crippen LogP contribution is -2.47. The molecule has 0 bridgehead atoms. The first-order valence-corrected chi connectivity index (χ1v) is 6.59. The molecule has 0 spiro atoms. The van der Waals surface area contributed by atoms with Crippen LogP contribution in [0.15, 0.2) is 12.2 Å². The van der Waals surface area contributed by atoms with Crippen molar-refractivity contribution in [1.82, 2.24) is 4.90 Å². The summed E-state index contributed by atoms with van der Waals surface area (Å²) in [5, 5.41) is 0. The number of allylic oxidation sites excluding steroid dienone is 1. The molecule has 0 aliphatic carbocycles. The first-order valence-electron chi connectivity index (χ1n) is 6.59. The minimum atomic E-state index is -0.694. The predicted molar refractivity (Wildman–Crippen MR) is 71.7 cm³/mol. The van der Waals surface area contributed by atoms with E-state index in [1.54, 1.807) is 26.8 Å². The van der Waals surface area contributed by atoms with Crippen LogP contribution in [0.25, 0.3) is 0 Å². The zero-order valence-corrected chi connectivity index (χ0v) is 12.1. The van der Waals surface area contributed by atoms with Crippen LogP contribution in [0.2, 0.25) is 0 Å². The summed E-state index contributed by atoms with van der Waals surface area (Å²) in [6, 6.07) is -0.694. The summed E-state index contributed by atoms with van der Waals surface area (Å²) in [4.78, 5) is 25.4. The van der Waals surface area contributed by atoms with Crippen LogP contribution in [0.1, 0.15) is 40.0 Å². The lowest BCUT2D eigenvalue weighted by molar-refractivity contribution is -0.145. The molecule has 0 saturated heterocycles. The average molecular weight is 269 g/mol. The number of carbonyl (C=O) groups is 2. The largest absolute Gasteiger partial charge is 0.467 e. The molecule has 0 saturated carbocycles. The normalized spacial score (nSPS) is 22.1. The SMILES string of the molecule is COC(=O)C1/C=C\CCCCN1C(=O)OC(C)(C)C. The monoisotopic (exact) mass is 269 g/mol. The molecule has 1 heterocycles. The maximum Gasteiger partial charge on any atom is 0.411 e. The molecule has 0 aromatic rings. The minimum absolute atomic E-state index is 0.441. The van der Waals surface area contributed by atoms with Gasteiger partial charge in [-0.3, -0.25) is 4.90 Å². The highest BCUT2D eigenvalue weighted by Crippen LogP contribution is 2.17. The number of hydrogen-bond acceptors (Lipinski definition) is 4. The van der Waals surface area contributed by atoms with Gasteiger partial charge < -0.3 is 9.47 Å². The third kappa shape index (κ3) is 4.93. The molecule has 0 aromatic heterocycles. The summed E-state index contributed by atoms with van der Waals surface area (Å²) in [7, 11) is 1.32. The second-order valence-electron chi connectivity index (χ2n) is 5.57. The molecule has 1 aliphatic heterocycles. The lowest BCUT2D eigenvalue weighted by atomic mass is 10.1. The second-order valence-corrected chi connectivity index (χ2v) is 5.57. The van der Waals surface area contributed by atoms with Crippen LogP contribution in [-0.4, -0.2) is 42.3 Å². The number of methoxy groups -OCH3 is 1. The van der Waals surface area contributed by atoms with Crippen LogP contribution >= 0.6 is 0 Å². The van der Waals surface area contributed by atoms with Crippen LogP contribution in [-0.2, 0) is 14.3 Å². The average Bonchev–Trinajstić information content (AvgIpc) is 2.25. The lowest BCUT2D eigenvalue weighted by Gasteiger charge is -2.31. The maximum absolute atomic E-state index is 12.2. The minimum Gasteiger partial charge on any atom is -0.467 e. The van der Waals surface area contributed by atoms with Gasteiger partial charge in [0, 0.05) is 6.54 Å². The number of hydrogen-bond donors (Lipinski definition) is 0. The summed E-state index contributed by atoms with van der Waals surface area (Å²) in [6.07, 6.45) is 5.90. The molecule has 1 amide bonds. The summed E-state index contributed by atoms with van der Waals surface area (Å²) < 4.78 is 10.1. The maximum atomic E-state index is 12.2. The Kier molecular flexibility index (Phi) is 5.39. The van der Waals surface area contributed by atoms with E-state index in [-0.39, 0.29) is 0 Å². The molecule has 108 valence electrons. The van der Waals surface area contributed by atoms with E-state index in [1.807, 2.05) is 6.08 Å². The van der Waals surface area contributed by atoms with Crippen LogP contribution in [0.3, 0.4) is 0 Å². The Bertz CT molecular complexity index is 357. The molecule has 0 N–H and O–H groups in total. The van der Waals surface area contributed by atoms with E-state index in [0.29, 0.717) is 6.54 Å². The van der Waals surface area contributed by atoms with Gasteiger partial charge in [-0.1, -0.05) is 12.2 Å². The van der Waals surface area contributed by atoms with Gasteiger partial charge in [0.15, 0.2) is 6.04 Å². The molecule has 1 aliphatic rings. The molecule has 0 fully saturated rings. The van der Waals surface area contributed by atoms with Crippen molar-refractivity contribution in [1.29, 1.82) is 0 Å². The van der Waals surface area contributed by atoms with Crippen LogP contribution in [0.5, 0.6) is 0 Å². The van der Waals surface area contributed by atoms with Gasteiger partial charge in [-0.25, -0.2) is 9.59 Å². The first kappa shape index (κ1) is 15.5. The highest BCUT2D eigenvalue weighted by atomic mass is 16.6. The molecule has 19 heavy (non-hydrogen) atoms. The Morgan fingerprint density at radius 1 is 1.26 bits per heavy atom. The number of nitrogens with zero attached hydrogens (tertiary/aromatic N) is 1. The van der Waals surface area contributed by atoms with E-state index < -0.39 is 23.7 Å². The molecule has 5 nitrogen and oxygen atoms in total. The highest BCUT2D eigenvalue weighted by Gasteiger charge is 2.32. The third-order valence-electron chi connectivity index (χ3n) is 2.74. The van der Waals surface area contributed by atoms with Crippen molar-refractivity contribution in [3.8, 4) is 0 Å². The molecule has 1 unspecified atom stereocenters. The molecule has 1 atom stereocenters. The van der Waals surface area contributed by atoms with Crippen molar-refractivity contribution in [2.45, 2.75) is 51.7 Å². The van der Waals surface area contributed by atoms with Gasteiger partial charge in [-0.15, -0.1) is 0 Å². The number of rotatable bonds is 1. The van der Waals surface area contributed by atoms with Crippen molar-refractivity contribution in [2.75, 3.05) is 13.7 Å². The summed E-state index contributed by atoms with van der Waals surface area (Å²) in [6.45, 7) is 5.91. The Balaban J connectivity index is 2.89. The smallest absolute Gasteiger partial charge is 0.411 e. The van der Waals surface area contributed by atoms with Crippen LogP contribution in [0.4, 0.5) is 4.79 Å².